The van der Waals surface area contributed by atoms with E-state index in [0.717, 1.165) is 25.7 Å². The molecule has 2 fully saturated rings. The van der Waals surface area contributed by atoms with Gasteiger partial charge in [-0.25, -0.2) is 0 Å². The molecule has 1 aliphatic heterocycles. The molecule has 2 aliphatic rings. The van der Waals surface area contributed by atoms with Gasteiger partial charge in [-0.1, -0.05) is 49.3 Å². The molecular formula is C16H15BrN2O3S2. The van der Waals surface area contributed by atoms with E-state index >= 15 is 0 Å². The minimum atomic E-state index is -0.450. The Bertz CT molecular complexity index is 745. The maximum Gasteiger partial charge on any atom is 0.284 e. The molecule has 1 amide bonds. The molecule has 126 valence electrons. The first-order valence-electron chi connectivity index (χ1n) is 7.68. The van der Waals surface area contributed by atoms with Gasteiger partial charge < -0.3 is 0 Å². The van der Waals surface area contributed by atoms with E-state index in [1.54, 1.807) is 23.1 Å². The van der Waals surface area contributed by atoms with E-state index in [9.17, 15) is 14.9 Å². The van der Waals surface area contributed by atoms with E-state index in [2.05, 4.69) is 15.9 Å². The van der Waals surface area contributed by atoms with E-state index < -0.39 is 4.92 Å². The molecule has 1 aromatic rings. The molecule has 0 aromatic heterocycles. The lowest BCUT2D eigenvalue weighted by atomic mass is 9.94. The van der Waals surface area contributed by atoms with Crippen LogP contribution in [0.3, 0.4) is 0 Å². The first-order chi connectivity index (χ1) is 11.5. The van der Waals surface area contributed by atoms with Crippen LogP contribution in [0, 0.1) is 10.1 Å². The number of benzene rings is 1. The molecule has 0 bridgehead atoms. The number of rotatable bonds is 3. The van der Waals surface area contributed by atoms with Gasteiger partial charge >= 0.3 is 0 Å². The Morgan fingerprint density at radius 3 is 2.71 bits per heavy atom. The van der Waals surface area contributed by atoms with Crippen molar-refractivity contribution in [2.75, 3.05) is 0 Å². The summed E-state index contributed by atoms with van der Waals surface area (Å²) in [4.78, 5) is 25.6. The Kier molecular flexibility index (Phi) is 5.36. The topological polar surface area (TPSA) is 63.4 Å². The molecule has 1 aromatic carbocycles. The number of carbonyl (C=O) groups excluding carboxylic acids is 1. The molecule has 8 heteroatoms. The third kappa shape index (κ3) is 3.55. The average molecular weight is 427 g/mol. The third-order valence-corrected chi connectivity index (χ3v) is 6.23. The van der Waals surface area contributed by atoms with Crippen LogP contribution in [0.15, 0.2) is 27.6 Å². The lowest BCUT2D eigenvalue weighted by molar-refractivity contribution is -0.385. The fourth-order valence-corrected chi connectivity index (χ4v) is 4.84. The number of nitro groups is 1. The largest absolute Gasteiger partial charge is 0.290 e. The number of thioether (sulfide) groups is 1. The molecule has 0 radical (unpaired) electrons. The lowest BCUT2D eigenvalue weighted by Crippen LogP contribution is -2.39. The Morgan fingerprint density at radius 2 is 2.04 bits per heavy atom. The van der Waals surface area contributed by atoms with Crippen LogP contribution >= 0.6 is 39.9 Å². The summed E-state index contributed by atoms with van der Waals surface area (Å²) in [5.74, 6) is -0.0810. The van der Waals surface area contributed by atoms with Gasteiger partial charge in [-0.3, -0.25) is 19.8 Å². The summed E-state index contributed by atoms with van der Waals surface area (Å²) in [5, 5.41) is 11.0. The normalized spacial score (nSPS) is 20.9. The van der Waals surface area contributed by atoms with Gasteiger partial charge in [-0.05, 0) is 46.5 Å². The summed E-state index contributed by atoms with van der Waals surface area (Å²) in [6, 6.07) is 5.00. The summed E-state index contributed by atoms with van der Waals surface area (Å²) in [6.07, 6.45) is 7.12. The predicted molar refractivity (Wildman–Crippen MR) is 103 cm³/mol. The molecule has 0 unspecified atom stereocenters. The van der Waals surface area contributed by atoms with Gasteiger partial charge in [0.2, 0.25) is 0 Å². The van der Waals surface area contributed by atoms with Gasteiger partial charge in [0, 0.05) is 12.1 Å². The maximum atomic E-state index is 12.7. The SMILES string of the molecule is O=C1C(=Cc2ccc(Br)c([N+](=O)[O-])c2)SC(=S)N1C1CCCCC1. The molecule has 1 saturated heterocycles. The van der Waals surface area contributed by atoms with Crippen molar-refractivity contribution in [1.82, 2.24) is 4.90 Å². The average Bonchev–Trinajstić information content (AvgIpc) is 2.83. The van der Waals surface area contributed by atoms with E-state index in [4.69, 9.17) is 12.2 Å². The van der Waals surface area contributed by atoms with Crippen molar-refractivity contribution in [3.05, 3.63) is 43.3 Å². The van der Waals surface area contributed by atoms with Crippen LogP contribution < -0.4 is 0 Å². The first-order valence-corrected chi connectivity index (χ1v) is 9.70. The molecule has 1 aliphatic carbocycles. The fourth-order valence-electron chi connectivity index (χ4n) is 3.04. The first kappa shape index (κ1) is 17.6. The van der Waals surface area contributed by atoms with Crippen LogP contribution in [0.4, 0.5) is 5.69 Å². The van der Waals surface area contributed by atoms with Gasteiger partial charge in [-0.15, -0.1) is 0 Å². The Morgan fingerprint density at radius 1 is 1.33 bits per heavy atom. The van der Waals surface area contributed by atoms with Crippen molar-refractivity contribution in [3.63, 3.8) is 0 Å². The molecule has 5 nitrogen and oxygen atoms in total. The summed E-state index contributed by atoms with van der Waals surface area (Å²) in [7, 11) is 0. The van der Waals surface area contributed by atoms with Crippen molar-refractivity contribution in [1.29, 1.82) is 0 Å². The number of thiocarbonyl (C=S) groups is 1. The van der Waals surface area contributed by atoms with Crippen LogP contribution in [0.2, 0.25) is 0 Å². The summed E-state index contributed by atoms with van der Waals surface area (Å²) in [5.41, 5.74) is 0.598. The van der Waals surface area contributed by atoms with Crippen LogP contribution in [-0.4, -0.2) is 26.1 Å². The zero-order chi connectivity index (χ0) is 17.3. The van der Waals surface area contributed by atoms with E-state index in [1.165, 1.54) is 24.2 Å². The van der Waals surface area contributed by atoms with Crippen LogP contribution in [0.25, 0.3) is 6.08 Å². The smallest absolute Gasteiger partial charge is 0.284 e. The van der Waals surface area contributed by atoms with Crippen molar-refractivity contribution in [3.8, 4) is 0 Å². The molecule has 1 saturated carbocycles. The number of amides is 1. The van der Waals surface area contributed by atoms with Crippen LogP contribution in [0.5, 0.6) is 0 Å². The third-order valence-electron chi connectivity index (χ3n) is 4.23. The standard InChI is InChI=1S/C16H15BrN2O3S2/c17-12-7-6-10(8-13(12)19(21)22)9-14-15(20)18(16(23)24-14)11-4-2-1-3-5-11/h6-9,11H,1-5H2. The van der Waals surface area contributed by atoms with E-state index in [-0.39, 0.29) is 17.6 Å². The number of hydrogen-bond donors (Lipinski definition) is 0. The molecule has 0 atom stereocenters. The minimum absolute atomic E-state index is 0.0218. The number of nitrogens with zero attached hydrogens (tertiary/aromatic N) is 2. The zero-order valence-electron chi connectivity index (χ0n) is 12.7. The monoisotopic (exact) mass is 426 g/mol. The van der Waals surface area contributed by atoms with E-state index in [1.807, 2.05) is 0 Å². The highest BCUT2D eigenvalue weighted by Gasteiger charge is 2.37. The second kappa shape index (κ2) is 7.33. The Hall–Kier alpha value is -1.25. The molecule has 0 spiro atoms. The highest BCUT2D eigenvalue weighted by molar-refractivity contribution is 9.10. The molecular weight excluding hydrogens is 412 g/mol. The zero-order valence-corrected chi connectivity index (χ0v) is 16.0. The van der Waals surface area contributed by atoms with Crippen molar-refractivity contribution >= 4 is 61.9 Å². The molecule has 1 heterocycles. The predicted octanol–water partition coefficient (Wildman–Crippen LogP) is 4.89. The molecule has 24 heavy (non-hydrogen) atoms. The number of nitro benzene ring substituents is 1. The molecule has 0 N–H and O–H groups in total. The minimum Gasteiger partial charge on any atom is -0.290 e. The highest BCUT2D eigenvalue weighted by atomic mass is 79.9. The number of carbonyl (C=O) groups is 1. The summed E-state index contributed by atoms with van der Waals surface area (Å²) in [6.45, 7) is 0. The fraction of sp³-hybridized carbons (Fsp3) is 0.375. The van der Waals surface area contributed by atoms with Crippen molar-refractivity contribution < 1.29 is 9.72 Å². The van der Waals surface area contributed by atoms with Gasteiger partial charge in [0.25, 0.3) is 11.6 Å². The molecule has 3 rings (SSSR count). The second-order valence-corrected chi connectivity index (χ2v) is 8.34. The van der Waals surface area contributed by atoms with Crippen LogP contribution in [0.1, 0.15) is 37.7 Å². The van der Waals surface area contributed by atoms with Crippen LogP contribution in [-0.2, 0) is 4.79 Å². The Labute approximate surface area is 157 Å². The van der Waals surface area contributed by atoms with E-state index in [0.29, 0.717) is 19.3 Å². The Balaban J connectivity index is 1.86. The summed E-state index contributed by atoms with van der Waals surface area (Å²) >= 11 is 9.83. The number of halogens is 1. The van der Waals surface area contributed by atoms with Gasteiger partial charge in [0.05, 0.1) is 14.3 Å². The second-order valence-electron chi connectivity index (χ2n) is 5.81. The maximum absolute atomic E-state index is 12.7. The highest BCUT2D eigenvalue weighted by Crippen LogP contribution is 2.37. The number of hydrogen-bond acceptors (Lipinski definition) is 5. The van der Waals surface area contributed by atoms with Gasteiger partial charge in [0.15, 0.2) is 0 Å². The van der Waals surface area contributed by atoms with Gasteiger partial charge in [-0.2, -0.15) is 0 Å². The van der Waals surface area contributed by atoms with Gasteiger partial charge in [0.1, 0.15) is 4.32 Å². The van der Waals surface area contributed by atoms with Crippen molar-refractivity contribution in [2.45, 2.75) is 38.1 Å². The van der Waals surface area contributed by atoms with Crippen molar-refractivity contribution in [2.24, 2.45) is 0 Å². The summed E-state index contributed by atoms with van der Waals surface area (Å²) < 4.78 is 1.00. The lowest BCUT2D eigenvalue weighted by Gasteiger charge is -2.29. The quantitative estimate of drug-likeness (QED) is 0.298.